The summed E-state index contributed by atoms with van der Waals surface area (Å²) in [6.45, 7) is 4.16. The van der Waals surface area contributed by atoms with Crippen LogP contribution >= 0.6 is 54.5 Å². The Morgan fingerprint density at radius 2 is 0.889 bits per heavy atom. The number of hydrogen-bond donors (Lipinski definition) is 0. The first-order valence-electron chi connectivity index (χ1n) is 11.4. The first-order chi connectivity index (χ1) is 17.3. The molecule has 5 aromatic carbocycles. The lowest BCUT2D eigenvalue weighted by Crippen LogP contribution is -1.95. The van der Waals surface area contributed by atoms with Gasteiger partial charge in [0.05, 0.1) is 7.57 Å². The van der Waals surface area contributed by atoms with Gasteiger partial charge in [-0.25, -0.2) is 0 Å². The highest BCUT2D eigenvalue weighted by atomic mass is 79.9. The van der Waals surface area contributed by atoms with Gasteiger partial charge in [-0.05, 0) is 126 Å². The molecule has 0 saturated heterocycles. The smallest absolute Gasteiger partial charge is 0.194 e. The largest absolute Gasteiger partial charge is 0.289 e. The number of hydrogen-bond acceptors (Lipinski definition) is 4. The van der Waals surface area contributed by atoms with Crippen molar-refractivity contribution in [2.45, 2.75) is 13.8 Å². The van der Waals surface area contributed by atoms with Crippen molar-refractivity contribution in [3.63, 3.8) is 0 Å². The van der Waals surface area contributed by atoms with Gasteiger partial charge in [-0.3, -0.25) is 9.59 Å². The van der Waals surface area contributed by atoms with Gasteiger partial charge in [-0.1, -0.05) is 24.3 Å². The highest BCUT2D eigenvalue weighted by Gasteiger charge is 2.18. The van der Waals surface area contributed by atoms with Crippen LogP contribution in [0.2, 0.25) is 0 Å². The third kappa shape index (κ3) is 3.18. The number of fused-ring (bicyclic) bond motifs is 6. The molecule has 0 bridgehead atoms. The molecule has 2 heterocycles. The van der Waals surface area contributed by atoms with Crippen LogP contribution in [0.1, 0.15) is 11.1 Å². The number of halogens is 2. The number of aryl methyl sites for hydroxylation is 2. The second-order valence-corrected chi connectivity index (χ2v) is 14.1. The molecule has 0 aliphatic carbocycles. The zero-order valence-corrected chi connectivity index (χ0v) is 24.0. The third-order valence-corrected chi connectivity index (χ3v) is 10.6. The zero-order valence-electron chi connectivity index (χ0n) is 19.2. The molecule has 0 atom stereocenters. The van der Waals surface area contributed by atoms with Crippen LogP contribution in [0.3, 0.4) is 0 Å². The monoisotopic (exact) mass is 630 g/mol. The fourth-order valence-corrected chi connectivity index (χ4v) is 8.84. The molecule has 174 valence electrons. The van der Waals surface area contributed by atoms with E-state index in [1.165, 1.54) is 11.1 Å². The fourth-order valence-electron chi connectivity index (χ4n) is 5.39. The highest BCUT2D eigenvalue weighted by Crippen LogP contribution is 2.40. The molecule has 0 saturated carbocycles. The summed E-state index contributed by atoms with van der Waals surface area (Å²) in [6.07, 6.45) is 0. The summed E-state index contributed by atoms with van der Waals surface area (Å²) in [5.74, 6) is 0. The van der Waals surface area contributed by atoms with Crippen molar-refractivity contribution in [1.82, 2.24) is 0 Å². The molecule has 0 amide bonds. The lowest BCUT2D eigenvalue weighted by Gasteiger charge is -2.01. The van der Waals surface area contributed by atoms with Gasteiger partial charge in [0.15, 0.2) is 10.9 Å². The van der Waals surface area contributed by atoms with E-state index < -0.39 is 0 Å². The summed E-state index contributed by atoms with van der Waals surface area (Å²) < 4.78 is 2.15. The molecule has 0 fully saturated rings. The minimum atomic E-state index is 0.0227. The van der Waals surface area contributed by atoms with Gasteiger partial charge < -0.3 is 0 Å². The average Bonchev–Trinajstić information content (AvgIpc) is 3.55. The summed E-state index contributed by atoms with van der Waals surface area (Å²) in [5.41, 5.74) is 4.49. The van der Waals surface area contributed by atoms with Gasteiger partial charge in [0.1, 0.15) is 0 Å². The molecular weight excluding hydrogens is 616 g/mol. The molecule has 0 unspecified atom stereocenters. The third-order valence-electron chi connectivity index (χ3n) is 7.06. The van der Waals surface area contributed by atoms with Crippen LogP contribution in [0.25, 0.3) is 64.0 Å². The van der Waals surface area contributed by atoms with Crippen molar-refractivity contribution < 1.29 is 0 Å². The fraction of sp³-hybridized carbons (Fsp3) is 0.0667. The second-order valence-electron chi connectivity index (χ2n) is 9.25. The molecule has 36 heavy (non-hydrogen) atoms. The standard InChI is InChI=1S/C30H16Br2O2S2/c1-13-7-25(31)35-29(13)15-3-5-17-19-11-24-20(12-23(19)27(33)21(17)9-15)18-6-4-16(10-22(18)28(24)34)30-14(2)8-26(32)36-30/h3-12H,1-2H3. The Morgan fingerprint density at radius 3 is 1.25 bits per heavy atom. The first kappa shape index (κ1) is 22.5. The van der Waals surface area contributed by atoms with Crippen molar-refractivity contribution in [2.75, 3.05) is 0 Å². The Kier molecular flexibility index (Phi) is 4.97. The Balaban J connectivity index is 1.48. The minimum absolute atomic E-state index is 0.0227. The molecule has 0 radical (unpaired) electrons. The Hall–Kier alpha value is -2.64. The van der Waals surface area contributed by atoms with Crippen molar-refractivity contribution in [3.8, 4) is 20.9 Å². The van der Waals surface area contributed by atoms with Crippen LogP contribution in [0, 0.1) is 13.8 Å². The van der Waals surface area contributed by atoms with E-state index in [1.54, 1.807) is 22.7 Å². The Labute approximate surface area is 230 Å². The molecule has 0 aliphatic rings. The number of rotatable bonds is 2. The van der Waals surface area contributed by atoms with E-state index in [1.807, 2.05) is 36.4 Å². The molecule has 6 heteroatoms. The Bertz CT molecular complexity index is 1990. The van der Waals surface area contributed by atoms with Gasteiger partial charge >= 0.3 is 0 Å². The van der Waals surface area contributed by atoms with Crippen LogP contribution in [-0.4, -0.2) is 0 Å². The summed E-state index contributed by atoms with van der Waals surface area (Å²) in [6, 6.07) is 20.2. The summed E-state index contributed by atoms with van der Waals surface area (Å²) in [5, 5.41) is 6.26. The van der Waals surface area contributed by atoms with Crippen molar-refractivity contribution in [1.29, 1.82) is 0 Å². The van der Waals surface area contributed by atoms with Crippen LogP contribution < -0.4 is 10.9 Å². The van der Waals surface area contributed by atoms with E-state index in [0.29, 0.717) is 21.5 Å². The quantitative estimate of drug-likeness (QED) is 0.190. The molecular formula is C30H16Br2O2S2. The normalized spacial score (nSPS) is 12.1. The molecule has 2 aromatic heterocycles. The van der Waals surface area contributed by atoms with E-state index in [9.17, 15) is 9.59 Å². The first-order valence-corrected chi connectivity index (χ1v) is 14.6. The zero-order chi connectivity index (χ0) is 24.9. The topological polar surface area (TPSA) is 34.1 Å². The van der Waals surface area contributed by atoms with Gasteiger partial charge in [0.25, 0.3) is 0 Å². The maximum absolute atomic E-state index is 13.5. The van der Waals surface area contributed by atoms with Gasteiger partial charge in [0, 0.05) is 31.3 Å². The lowest BCUT2D eigenvalue weighted by molar-refractivity contribution is 1.54. The molecule has 7 aromatic rings. The predicted octanol–water partition coefficient (Wildman–Crippen LogP) is 9.49. The van der Waals surface area contributed by atoms with E-state index in [2.05, 4.69) is 70.0 Å². The highest BCUT2D eigenvalue weighted by molar-refractivity contribution is 9.11. The van der Waals surface area contributed by atoms with E-state index >= 15 is 0 Å². The van der Waals surface area contributed by atoms with Crippen molar-refractivity contribution in [3.05, 3.63) is 99.8 Å². The molecule has 0 spiro atoms. The molecule has 7 rings (SSSR count). The SMILES string of the molecule is Cc1cc(Br)sc1-c1ccc2c(c1)c(=O)c1cc3c(cc12)c(=O)c1cc(-c2sc(Br)cc2C)ccc13. The maximum Gasteiger partial charge on any atom is 0.194 e. The van der Waals surface area contributed by atoms with E-state index in [0.717, 1.165) is 50.0 Å². The van der Waals surface area contributed by atoms with Crippen LogP contribution in [0.4, 0.5) is 0 Å². The molecule has 2 nitrogen and oxygen atoms in total. The number of benzene rings is 3. The second kappa shape index (κ2) is 7.93. The van der Waals surface area contributed by atoms with Crippen LogP contribution in [0.5, 0.6) is 0 Å². The maximum atomic E-state index is 13.5. The van der Waals surface area contributed by atoms with Crippen LogP contribution in [0.15, 0.2) is 77.8 Å². The predicted molar refractivity (Wildman–Crippen MR) is 163 cm³/mol. The van der Waals surface area contributed by atoms with Gasteiger partial charge in [-0.2, -0.15) is 0 Å². The van der Waals surface area contributed by atoms with Crippen molar-refractivity contribution in [2.24, 2.45) is 0 Å². The number of thiophene rings is 2. The van der Waals surface area contributed by atoms with Crippen LogP contribution in [-0.2, 0) is 0 Å². The van der Waals surface area contributed by atoms with E-state index in [-0.39, 0.29) is 10.9 Å². The van der Waals surface area contributed by atoms with E-state index in [4.69, 9.17) is 0 Å². The molecule has 0 aliphatic heterocycles. The lowest BCUT2D eigenvalue weighted by atomic mass is 10.0. The summed E-state index contributed by atoms with van der Waals surface area (Å²) in [7, 11) is 0. The average molecular weight is 632 g/mol. The van der Waals surface area contributed by atoms with Gasteiger partial charge in [-0.15, -0.1) is 22.7 Å². The van der Waals surface area contributed by atoms with Gasteiger partial charge in [0.2, 0.25) is 0 Å². The minimum Gasteiger partial charge on any atom is -0.289 e. The molecule has 0 N–H and O–H groups in total. The summed E-state index contributed by atoms with van der Waals surface area (Å²) in [4.78, 5) is 29.4. The summed E-state index contributed by atoms with van der Waals surface area (Å²) >= 11 is 10.5. The van der Waals surface area contributed by atoms with Crippen molar-refractivity contribution >= 4 is 97.6 Å². The Morgan fingerprint density at radius 1 is 0.500 bits per heavy atom.